The lowest BCUT2D eigenvalue weighted by Crippen LogP contribution is -2.07. The number of anilines is 1. The van der Waals surface area contributed by atoms with Gasteiger partial charge in [0.25, 0.3) is 0 Å². The molecule has 3 aromatic rings. The molecule has 0 atom stereocenters. The van der Waals surface area contributed by atoms with Gasteiger partial charge >= 0.3 is 0 Å². The van der Waals surface area contributed by atoms with Gasteiger partial charge in [0, 0.05) is 24.0 Å². The summed E-state index contributed by atoms with van der Waals surface area (Å²) in [6, 6.07) is 10.2. The van der Waals surface area contributed by atoms with Crippen LogP contribution < -0.4 is 5.32 Å². The Balaban J connectivity index is 1.74. The summed E-state index contributed by atoms with van der Waals surface area (Å²) in [5.74, 6) is 0. The summed E-state index contributed by atoms with van der Waals surface area (Å²) < 4.78 is 1.88. The SMILES string of the molecule is CCn1nncc1CNc1cccc(-c2ccn[nH]2)c1. The van der Waals surface area contributed by atoms with Gasteiger partial charge in [-0.25, -0.2) is 4.68 Å². The third-order valence-corrected chi connectivity index (χ3v) is 3.15. The van der Waals surface area contributed by atoms with Gasteiger partial charge in [-0.1, -0.05) is 17.3 Å². The number of rotatable bonds is 5. The van der Waals surface area contributed by atoms with Crippen molar-refractivity contribution < 1.29 is 0 Å². The van der Waals surface area contributed by atoms with Crippen LogP contribution in [0.2, 0.25) is 0 Å². The molecule has 0 unspecified atom stereocenters. The molecule has 2 heterocycles. The molecule has 0 aliphatic rings. The number of nitrogens with one attached hydrogen (secondary N) is 2. The van der Waals surface area contributed by atoms with Crippen molar-refractivity contribution in [2.24, 2.45) is 0 Å². The first-order chi connectivity index (χ1) is 9.86. The molecule has 0 bridgehead atoms. The molecule has 2 N–H and O–H groups in total. The molecular weight excluding hydrogens is 252 g/mol. The van der Waals surface area contributed by atoms with Gasteiger partial charge in [0.05, 0.1) is 24.1 Å². The zero-order valence-corrected chi connectivity index (χ0v) is 11.2. The Kier molecular flexibility index (Phi) is 3.45. The molecule has 20 heavy (non-hydrogen) atoms. The first kappa shape index (κ1) is 12.4. The smallest absolute Gasteiger partial charge is 0.0777 e. The van der Waals surface area contributed by atoms with Crippen molar-refractivity contribution in [2.45, 2.75) is 20.0 Å². The van der Waals surface area contributed by atoms with Crippen LogP contribution in [0.5, 0.6) is 0 Å². The van der Waals surface area contributed by atoms with E-state index < -0.39 is 0 Å². The van der Waals surface area contributed by atoms with Crippen LogP contribution in [0.25, 0.3) is 11.3 Å². The second-order valence-corrected chi connectivity index (χ2v) is 4.45. The maximum atomic E-state index is 4.02. The third-order valence-electron chi connectivity index (χ3n) is 3.15. The van der Waals surface area contributed by atoms with Crippen molar-refractivity contribution in [2.75, 3.05) is 5.32 Å². The average Bonchev–Trinajstić information content (AvgIpc) is 3.16. The fraction of sp³-hybridized carbons (Fsp3) is 0.214. The molecule has 0 aliphatic heterocycles. The number of nitrogens with zero attached hydrogens (tertiary/aromatic N) is 4. The molecule has 0 saturated carbocycles. The highest BCUT2D eigenvalue weighted by atomic mass is 15.4. The van der Waals surface area contributed by atoms with E-state index in [0.29, 0.717) is 6.54 Å². The first-order valence-electron chi connectivity index (χ1n) is 6.58. The molecule has 6 nitrogen and oxygen atoms in total. The van der Waals surface area contributed by atoms with Crippen LogP contribution in [0.15, 0.2) is 42.7 Å². The normalized spacial score (nSPS) is 10.7. The van der Waals surface area contributed by atoms with Gasteiger partial charge in [-0.05, 0) is 25.1 Å². The van der Waals surface area contributed by atoms with Crippen molar-refractivity contribution in [3.8, 4) is 11.3 Å². The van der Waals surface area contributed by atoms with Gasteiger partial charge in [0.15, 0.2) is 0 Å². The van der Waals surface area contributed by atoms with Gasteiger partial charge in [-0.3, -0.25) is 5.10 Å². The lowest BCUT2D eigenvalue weighted by molar-refractivity contribution is 0.602. The van der Waals surface area contributed by atoms with Crippen LogP contribution in [0.3, 0.4) is 0 Å². The van der Waals surface area contributed by atoms with Crippen molar-refractivity contribution in [3.63, 3.8) is 0 Å². The van der Waals surface area contributed by atoms with Crippen molar-refractivity contribution in [1.29, 1.82) is 0 Å². The Bertz CT molecular complexity index is 671. The maximum absolute atomic E-state index is 4.02. The molecular formula is C14H16N6. The lowest BCUT2D eigenvalue weighted by Gasteiger charge is -2.08. The summed E-state index contributed by atoms with van der Waals surface area (Å²) in [6.45, 7) is 3.58. The summed E-state index contributed by atoms with van der Waals surface area (Å²) in [5, 5.41) is 18.3. The second-order valence-electron chi connectivity index (χ2n) is 4.45. The Labute approximate surface area is 116 Å². The van der Waals surface area contributed by atoms with Crippen LogP contribution in [0.1, 0.15) is 12.6 Å². The van der Waals surface area contributed by atoms with Gasteiger partial charge in [0.2, 0.25) is 0 Å². The topological polar surface area (TPSA) is 71.4 Å². The predicted molar refractivity (Wildman–Crippen MR) is 77.0 cm³/mol. The number of aromatic nitrogens is 5. The van der Waals surface area contributed by atoms with E-state index in [1.807, 2.05) is 22.9 Å². The fourth-order valence-corrected chi connectivity index (χ4v) is 2.09. The van der Waals surface area contributed by atoms with E-state index in [4.69, 9.17) is 0 Å². The Morgan fingerprint density at radius 3 is 3.05 bits per heavy atom. The first-order valence-corrected chi connectivity index (χ1v) is 6.58. The summed E-state index contributed by atoms with van der Waals surface area (Å²) >= 11 is 0. The summed E-state index contributed by atoms with van der Waals surface area (Å²) in [6.07, 6.45) is 3.54. The molecule has 0 saturated heterocycles. The molecule has 0 fully saturated rings. The van der Waals surface area contributed by atoms with E-state index in [1.54, 1.807) is 12.4 Å². The largest absolute Gasteiger partial charge is 0.379 e. The van der Waals surface area contributed by atoms with Gasteiger partial charge < -0.3 is 5.32 Å². The number of aryl methyl sites for hydroxylation is 1. The second kappa shape index (κ2) is 5.56. The predicted octanol–water partition coefficient (Wildman–Crippen LogP) is 2.30. The zero-order chi connectivity index (χ0) is 13.8. The number of benzene rings is 1. The highest BCUT2D eigenvalue weighted by Gasteiger charge is 2.03. The summed E-state index contributed by atoms with van der Waals surface area (Å²) in [4.78, 5) is 0. The van der Waals surface area contributed by atoms with E-state index in [9.17, 15) is 0 Å². The molecule has 0 radical (unpaired) electrons. The van der Waals surface area contributed by atoms with Crippen LogP contribution in [-0.2, 0) is 13.1 Å². The molecule has 6 heteroatoms. The Morgan fingerprint density at radius 2 is 2.25 bits per heavy atom. The quantitative estimate of drug-likeness (QED) is 0.745. The molecule has 0 spiro atoms. The average molecular weight is 268 g/mol. The van der Waals surface area contributed by atoms with Gasteiger partial charge in [-0.2, -0.15) is 5.10 Å². The zero-order valence-electron chi connectivity index (χ0n) is 11.2. The number of hydrogen-bond donors (Lipinski definition) is 2. The van der Waals surface area contributed by atoms with Crippen molar-refractivity contribution in [3.05, 3.63) is 48.4 Å². The maximum Gasteiger partial charge on any atom is 0.0777 e. The lowest BCUT2D eigenvalue weighted by atomic mass is 10.1. The van der Waals surface area contributed by atoms with E-state index in [2.05, 4.69) is 44.9 Å². The monoisotopic (exact) mass is 268 g/mol. The molecule has 3 rings (SSSR count). The van der Waals surface area contributed by atoms with Crippen molar-refractivity contribution in [1.82, 2.24) is 25.2 Å². The number of H-pyrrole nitrogens is 1. The van der Waals surface area contributed by atoms with Crippen LogP contribution in [0, 0.1) is 0 Å². The van der Waals surface area contributed by atoms with Crippen LogP contribution in [0.4, 0.5) is 5.69 Å². The minimum Gasteiger partial charge on any atom is -0.379 e. The molecule has 0 amide bonds. The summed E-state index contributed by atoms with van der Waals surface area (Å²) in [5.41, 5.74) is 4.24. The summed E-state index contributed by atoms with van der Waals surface area (Å²) in [7, 11) is 0. The standard InChI is InChI=1S/C14H16N6/c1-2-20-13(10-17-19-20)9-15-12-5-3-4-11(8-12)14-6-7-16-18-14/h3-8,10,15H,2,9H2,1H3,(H,16,18). The van der Waals surface area contributed by atoms with Gasteiger partial charge in [-0.15, -0.1) is 5.10 Å². The van der Waals surface area contributed by atoms with Crippen LogP contribution >= 0.6 is 0 Å². The minimum absolute atomic E-state index is 0.702. The van der Waals surface area contributed by atoms with Crippen LogP contribution in [-0.4, -0.2) is 25.2 Å². The van der Waals surface area contributed by atoms with E-state index >= 15 is 0 Å². The number of aromatic amines is 1. The highest BCUT2D eigenvalue weighted by Crippen LogP contribution is 2.20. The molecule has 2 aromatic heterocycles. The van der Waals surface area contributed by atoms with E-state index in [0.717, 1.165) is 29.2 Å². The molecule has 1 aromatic carbocycles. The molecule has 102 valence electrons. The minimum atomic E-state index is 0.702. The number of hydrogen-bond acceptors (Lipinski definition) is 4. The van der Waals surface area contributed by atoms with E-state index in [1.165, 1.54) is 0 Å². The highest BCUT2D eigenvalue weighted by molar-refractivity contribution is 5.64. The Hall–Kier alpha value is -2.63. The van der Waals surface area contributed by atoms with Gasteiger partial charge in [0.1, 0.15) is 0 Å². The molecule has 0 aliphatic carbocycles. The van der Waals surface area contributed by atoms with Crippen molar-refractivity contribution >= 4 is 5.69 Å². The Morgan fingerprint density at radius 1 is 1.30 bits per heavy atom. The third kappa shape index (κ3) is 2.54. The van der Waals surface area contributed by atoms with E-state index in [-0.39, 0.29) is 0 Å². The fourth-order valence-electron chi connectivity index (χ4n) is 2.09.